The van der Waals surface area contributed by atoms with Gasteiger partial charge in [-0.25, -0.2) is 8.42 Å². The largest absolute Gasteiger partial charge is 0.484 e. The summed E-state index contributed by atoms with van der Waals surface area (Å²) in [5.41, 5.74) is 0.611. The zero-order valence-corrected chi connectivity index (χ0v) is 18.3. The molecule has 0 unspecified atom stereocenters. The lowest BCUT2D eigenvalue weighted by molar-refractivity contribution is -0.123. The van der Waals surface area contributed by atoms with Gasteiger partial charge in [0.05, 0.1) is 10.6 Å². The van der Waals surface area contributed by atoms with Crippen molar-refractivity contribution in [3.63, 3.8) is 0 Å². The number of benzene rings is 2. The van der Waals surface area contributed by atoms with Crippen molar-refractivity contribution < 1.29 is 17.9 Å². The van der Waals surface area contributed by atoms with E-state index in [0.29, 0.717) is 24.5 Å². The van der Waals surface area contributed by atoms with Gasteiger partial charge in [-0.2, -0.15) is 0 Å². The van der Waals surface area contributed by atoms with Gasteiger partial charge >= 0.3 is 0 Å². The number of hydrogen-bond donors (Lipinski definition) is 1. The number of thiophene rings is 1. The van der Waals surface area contributed by atoms with E-state index in [2.05, 4.69) is 5.32 Å². The maximum absolute atomic E-state index is 13.0. The van der Waals surface area contributed by atoms with E-state index in [1.807, 2.05) is 23.6 Å². The van der Waals surface area contributed by atoms with E-state index >= 15 is 0 Å². The van der Waals surface area contributed by atoms with Crippen molar-refractivity contribution in [2.24, 2.45) is 0 Å². The van der Waals surface area contributed by atoms with Gasteiger partial charge in [0.25, 0.3) is 15.9 Å². The lowest BCUT2D eigenvalue weighted by Crippen LogP contribution is -2.31. The molecule has 1 amide bonds. The average molecular weight is 445 g/mol. The summed E-state index contributed by atoms with van der Waals surface area (Å²) in [5, 5.41) is 4.81. The second-order valence-electron chi connectivity index (χ2n) is 6.44. The standard InChI is InChI=1S/C22H24N2O4S2/c1-2-24(18-7-4-3-5-8-18)30(26,27)21-12-10-19(11-13-21)28-17-22(25)23-15-14-20-9-6-16-29-20/h3-13,16H,2,14-15,17H2,1H3,(H,23,25). The van der Waals surface area contributed by atoms with Crippen LogP contribution in [0.15, 0.2) is 77.0 Å². The fourth-order valence-corrected chi connectivity index (χ4v) is 5.08. The van der Waals surface area contributed by atoms with Crippen molar-refractivity contribution in [3.8, 4) is 5.75 Å². The Labute approximate surface area is 181 Å². The number of ether oxygens (including phenoxy) is 1. The van der Waals surface area contributed by atoms with Crippen LogP contribution >= 0.6 is 11.3 Å². The molecule has 158 valence electrons. The molecule has 0 bridgehead atoms. The highest BCUT2D eigenvalue weighted by Gasteiger charge is 2.23. The van der Waals surface area contributed by atoms with Crippen LogP contribution in [0, 0.1) is 0 Å². The quantitative estimate of drug-likeness (QED) is 0.517. The van der Waals surface area contributed by atoms with Crippen molar-refractivity contribution in [3.05, 3.63) is 77.0 Å². The third-order valence-corrected chi connectivity index (χ3v) is 7.24. The molecule has 0 aliphatic rings. The number of sulfonamides is 1. The molecular weight excluding hydrogens is 420 g/mol. The Balaban J connectivity index is 1.55. The first-order chi connectivity index (χ1) is 14.5. The fourth-order valence-electron chi connectivity index (χ4n) is 2.90. The molecule has 0 radical (unpaired) electrons. The number of carbonyl (C=O) groups excluding carboxylic acids is 1. The fraction of sp³-hybridized carbons (Fsp3) is 0.227. The summed E-state index contributed by atoms with van der Waals surface area (Å²) in [7, 11) is -3.69. The number of anilines is 1. The summed E-state index contributed by atoms with van der Waals surface area (Å²) in [5.74, 6) is 0.217. The zero-order chi connectivity index (χ0) is 21.4. The molecule has 1 aromatic heterocycles. The SMILES string of the molecule is CCN(c1ccccc1)S(=O)(=O)c1ccc(OCC(=O)NCCc2cccs2)cc1. The normalized spacial score (nSPS) is 11.1. The lowest BCUT2D eigenvalue weighted by Gasteiger charge is -2.23. The molecule has 0 spiro atoms. The van der Waals surface area contributed by atoms with E-state index < -0.39 is 10.0 Å². The van der Waals surface area contributed by atoms with Crippen molar-refractivity contribution >= 4 is 33.0 Å². The van der Waals surface area contributed by atoms with Crippen LogP contribution in [-0.4, -0.2) is 34.0 Å². The topological polar surface area (TPSA) is 75.7 Å². The van der Waals surface area contributed by atoms with E-state index in [-0.39, 0.29) is 17.4 Å². The molecule has 0 atom stereocenters. The Morgan fingerprint density at radius 2 is 1.77 bits per heavy atom. The predicted molar refractivity (Wildman–Crippen MR) is 120 cm³/mol. The van der Waals surface area contributed by atoms with Gasteiger partial charge in [-0.15, -0.1) is 11.3 Å². The van der Waals surface area contributed by atoms with Crippen LogP contribution in [0.3, 0.4) is 0 Å². The molecule has 30 heavy (non-hydrogen) atoms. The lowest BCUT2D eigenvalue weighted by atomic mass is 10.3. The molecule has 0 saturated carbocycles. The van der Waals surface area contributed by atoms with Crippen molar-refractivity contribution in [1.82, 2.24) is 5.32 Å². The Morgan fingerprint density at radius 1 is 1.03 bits per heavy atom. The molecule has 0 aliphatic heterocycles. The number of carbonyl (C=O) groups is 1. The molecule has 0 saturated heterocycles. The molecular formula is C22H24N2O4S2. The summed E-state index contributed by atoms with van der Waals surface area (Å²) < 4.78 is 32.8. The number of amides is 1. The van der Waals surface area contributed by atoms with Gasteiger partial charge in [0.2, 0.25) is 0 Å². The van der Waals surface area contributed by atoms with Crippen LogP contribution in [-0.2, 0) is 21.2 Å². The summed E-state index contributed by atoms with van der Waals surface area (Å²) in [6.45, 7) is 2.53. The summed E-state index contributed by atoms with van der Waals surface area (Å²) in [4.78, 5) is 13.3. The summed E-state index contributed by atoms with van der Waals surface area (Å²) in [6, 6.07) is 19.1. The molecule has 1 heterocycles. The highest BCUT2D eigenvalue weighted by molar-refractivity contribution is 7.92. The zero-order valence-electron chi connectivity index (χ0n) is 16.7. The first-order valence-electron chi connectivity index (χ1n) is 9.60. The molecule has 6 nitrogen and oxygen atoms in total. The van der Waals surface area contributed by atoms with Gasteiger partial charge < -0.3 is 10.1 Å². The van der Waals surface area contributed by atoms with Gasteiger partial charge in [0, 0.05) is 18.0 Å². The first-order valence-corrected chi connectivity index (χ1v) is 11.9. The Bertz CT molecular complexity index is 1030. The van der Waals surface area contributed by atoms with Crippen molar-refractivity contribution in [2.45, 2.75) is 18.2 Å². The van der Waals surface area contributed by atoms with Gasteiger partial charge in [0.1, 0.15) is 5.75 Å². The second-order valence-corrected chi connectivity index (χ2v) is 9.34. The number of nitrogens with zero attached hydrogens (tertiary/aromatic N) is 1. The monoisotopic (exact) mass is 444 g/mol. The van der Waals surface area contributed by atoms with Crippen LogP contribution in [0.5, 0.6) is 5.75 Å². The van der Waals surface area contributed by atoms with Crippen LogP contribution in [0.25, 0.3) is 0 Å². The molecule has 8 heteroatoms. The van der Waals surface area contributed by atoms with E-state index in [9.17, 15) is 13.2 Å². The van der Waals surface area contributed by atoms with Gasteiger partial charge in [-0.3, -0.25) is 9.10 Å². The van der Waals surface area contributed by atoms with Gasteiger partial charge in [-0.1, -0.05) is 24.3 Å². The van der Waals surface area contributed by atoms with Gasteiger partial charge in [0.15, 0.2) is 6.61 Å². The van der Waals surface area contributed by atoms with Crippen LogP contribution in [0.1, 0.15) is 11.8 Å². The second kappa shape index (κ2) is 10.3. The maximum atomic E-state index is 13.0. The first kappa shape index (κ1) is 21.9. The molecule has 2 aromatic carbocycles. The third kappa shape index (κ3) is 5.61. The Hall–Kier alpha value is -2.84. The summed E-state index contributed by atoms with van der Waals surface area (Å²) in [6.07, 6.45) is 0.783. The van der Waals surface area contributed by atoms with Crippen LogP contribution in [0.4, 0.5) is 5.69 Å². The average Bonchev–Trinajstić information content (AvgIpc) is 3.27. The highest BCUT2D eigenvalue weighted by Crippen LogP contribution is 2.24. The van der Waals surface area contributed by atoms with E-state index in [1.165, 1.54) is 21.3 Å². The summed E-state index contributed by atoms with van der Waals surface area (Å²) >= 11 is 1.66. The molecule has 1 N–H and O–H groups in total. The van der Waals surface area contributed by atoms with Gasteiger partial charge in [-0.05, 0) is 61.2 Å². The van der Waals surface area contributed by atoms with Crippen molar-refractivity contribution in [1.29, 1.82) is 0 Å². The smallest absolute Gasteiger partial charge is 0.264 e. The molecule has 3 aromatic rings. The van der Waals surface area contributed by atoms with Crippen molar-refractivity contribution in [2.75, 3.05) is 24.0 Å². The van der Waals surface area contributed by atoms with E-state index in [0.717, 1.165) is 6.42 Å². The minimum Gasteiger partial charge on any atom is -0.484 e. The minimum absolute atomic E-state index is 0.123. The number of hydrogen-bond acceptors (Lipinski definition) is 5. The Kier molecular flexibility index (Phi) is 7.48. The van der Waals surface area contributed by atoms with Crippen LogP contribution in [0.2, 0.25) is 0 Å². The highest BCUT2D eigenvalue weighted by atomic mass is 32.2. The van der Waals surface area contributed by atoms with E-state index in [1.54, 1.807) is 54.7 Å². The maximum Gasteiger partial charge on any atom is 0.264 e. The Morgan fingerprint density at radius 3 is 2.40 bits per heavy atom. The minimum atomic E-state index is -3.69. The number of rotatable bonds is 10. The number of para-hydroxylation sites is 1. The number of nitrogens with one attached hydrogen (secondary N) is 1. The molecule has 3 rings (SSSR count). The molecule has 0 fully saturated rings. The molecule has 0 aliphatic carbocycles. The van der Waals surface area contributed by atoms with E-state index in [4.69, 9.17) is 4.74 Å². The third-order valence-electron chi connectivity index (χ3n) is 4.39. The van der Waals surface area contributed by atoms with Crippen LogP contribution < -0.4 is 14.4 Å². The predicted octanol–water partition coefficient (Wildman–Crippen LogP) is 3.70.